The minimum absolute atomic E-state index is 0.0763. The average Bonchev–Trinajstić information content (AvgIpc) is 2.32. The van der Waals surface area contributed by atoms with Crippen molar-refractivity contribution < 1.29 is 28.2 Å². The van der Waals surface area contributed by atoms with Crippen LogP contribution in [0.4, 0.5) is 8.78 Å². The number of rotatable bonds is 5. The average molecular weight is 270 g/mol. The third kappa shape index (κ3) is 3.87. The lowest BCUT2D eigenvalue weighted by molar-refractivity contribution is -0.142. The van der Waals surface area contributed by atoms with Crippen LogP contribution in [0.3, 0.4) is 0 Å². The Kier molecular flexibility index (Phi) is 5.17. The Balaban J connectivity index is 2.91. The van der Waals surface area contributed by atoms with Crippen molar-refractivity contribution in [1.29, 1.82) is 0 Å². The lowest BCUT2D eigenvalue weighted by Gasteiger charge is -2.03. The number of aromatic carboxylic acids is 1. The highest BCUT2D eigenvalue weighted by Gasteiger charge is 2.18. The van der Waals surface area contributed by atoms with Gasteiger partial charge in [-0.15, -0.1) is 0 Å². The molecule has 1 aromatic rings. The second-order valence-corrected chi connectivity index (χ2v) is 3.54. The number of hydrogen-bond acceptors (Lipinski definition) is 3. The minimum Gasteiger partial charge on any atom is -0.477 e. The molecule has 19 heavy (non-hydrogen) atoms. The quantitative estimate of drug-likeness (QED) is 0.835. The van der Waals surface area contributed by atoms with Crippen LogP contribution in [0, 0.1) is 11.6 Å². The fourth-order valence-electron chi connectivity index (χ4n) is 1.40. The second kappa shape index (κ2) is 6.63. The topological polar surface area (TPSA) is 63.6 Å². The summed E-state index contributed by atoms with van der Waals surface area (Å²) in [7, 11) is 0. The SMILES string of the molecule is CCOC(=O)CC=Cc1ccc(F)c(C(=O)O)c1F. The van der Waals surface area contributed by atoms with E-state index in [-0.39, 0.29) is 18.6 Å². The summed E-state index contributed by atoms with van der Waals surface area (Å²) in [6.07, 6.45) is 2.45. The van der Waals surface area contributed by atoms with Gasteiger partial charge in [0.15, 0.2) is 0 Å². The van der Waals surface area contributed by atoms with Gasteiger partial charge in [-0.2, -0.15) is 0 Å². The van der Waals surface area contributed by atoms with Gasteiger partial charge >= 0.3 is 11.9 Å². The minimum atomic E-state index is -1.68. The van der Waals surface area contributed by atoms with Gasteiger partial charge in [-0.3, -0.25) is 4.79 Å². The fraction of sp³-hybridized carbons (Fsp3) is 0.231. The van der Waals surface area contributed by atoms with Crippen molar-refractivity contribution in [2.45, 2.75) is 13.3 Å². The molecule has 0 bridgehead atoms. The molecule has 1 N–H and O–H groups in total. The number of hydrogen-bond donors (Lipinski definition) is 1. The molecule has 0 aliphatic rings. The van der Waals surface area contributed by atoms with Crippen LogP contribution in [0.2, 0.25) is 0 Å². The number of halogens is 2. The van der Waals surface area contributed by atoms with Gasteiger partial charge < -0.3 is 9.84 Å². The molecule has 4 nitrogen and oxygen atoms in total. The standard InChI is InChI=1S/C13H12F2O4/c1-2-19-10(16)5-3-4-8-6-7-9(14)11(12(8)15)13(17)18/h3-4,6-7H,2,5H2,1H3,(H,17,18). The predicted octanol–water partition coefficient (Wildman–Crippen LogP) is 2.63. The number of carbonyl (C=O) groups is 2. The van der Waals surface area contributed by atoms with E-state index in [0.717, 1.165) is 12.1 Å². The molecule has 0 heterocycles. The predicted molar refractivity (Wildman–Crippen MR) is 63.6 cm³/mol. The Morgan fingerprint density at radius 2 is 2.05 bits per heavy atom. The summed E-state index contributed by atoms with van der Waals surface area (Å²) >= 11 is 0. The highest BCUT2D eigenvalue weighted by molar-refractivity contribution is 5.89. The molecule has 0 saturated carbocycles. The Morgan fingerprint density at radius 3 is 2.63 bits per heavy atom. The molecule has 6 heteroatoms. The summed E-state index contributed by atoms with van der Waals surface area (Å²) in [5.41, 5.74) is -1.12. The van der Waals surface area contributed by atoms with Crippen LogP contribution in [-0.4, -0.2) is 23.7 Å². The first kappa shape index (κ1) is 14.8. The maximum atomic E-state index is 13.7. The van der Waals surface area contributed by atoms with Crippen LogP contribution in [0.1, 0.15) is 29.3 Å². The first-order chi connectivity index (χ1) is 8.97. The maximum Gasteiger partial charge on any atom is 0.341 e. The van der Waals surface area contributed by atoms with Crippen molar-refractivity contribution in [3.05, 3.63) is 41.0 Å². The van der Waals surface area contributed by atoms with E-state index >= 15 is 0 Å². The van der Waals surface area contributed by atoms with Gasteiger partial charge in [-0.05, 0) is 19.1 Å². The van der Waals surface area contributed by atoms with Gasteiger partial charge in [-0.25, -0.2) is 13.6 Å². The molecular weight excluding hydrogens is 258 g/mol. The molecule has 0 aromatic heterocycles. The van der Waals surface area contributed by atoms with Crippen LogP contribution in [0.5, 0.6) is 0 Å². The third-order valence-electron chi connectivity index (χ3n) is 2.22. The molecule has 0 unspecified atom stereocenters. The van der Waals surface area contributed by atoms with Gasteiger partial charge in [0.25, 0.3) is 0 Å². The van der Waals surface area contributed by atoms with Crippen molar-refractivity contribution >= 4 is 18.0 Å². The van der Waals surface area contributed by atoms with E-state index < -0.39 is 29.1 Å². The van der Waals surface area contributed by atoms with Crippen LogP contribution in [-0.2, 0) is 9.53 Å². The van der Waals surface area contributed by atoms with E-state index in [1.54, 1.807) is 6.92 Å². The van der Waals surface area contributed by atoms with E-state index in [9.17, 15) is 18.4 Å². The molecule has 0 spiro atoms. The van der Waals surface area contributed by atoms with Crippen molar-refractivity contribution in [2.24, 2.45) is 0 Å². The number of carboxylic acid groups (broad SMARTS) is 1. The number of benzene rings is 1. The number of carboxylic acids is 1. The zero-order valence-corrected chi connectivity index (χ0v) is 10.2. The Bertz CT molecular complexity index is 524. The molecule has 1 aromatic carbocycles. The van der Waals surface area contributed by atoms with Crippen molar-refractivity contribution in [2.75, 3.05) is 6.61 Å². The molecule has 0 fully saturated rings. The third-order valence-corrected chi connectivity index (χ3v) is 2.22. The van der Waals surface area contributed by atoms with E-state index in [0.29, 0.717) is 0 Å². The highest BCUT2D eigenvalue weighted by Crippen LogP contribution is 2.18. The lowest BCUT2D eigenvalue weighted by Crippen LogP contribution is -2.06. The molecule has 0 aliphatic heterocycles. The number of ether oxygens (including phenoxy) is 1. The molecular formula is C13H12F2O4. The highest BCUT2D eigenvalue weighted by atomic mass is 19.1. The monoisotopic (exact) mass is 270 g/mol. The smallest absolute Gasteiger partial charge is 0.341 e. The summed E-state index contributed by atoms with van der Waals surface area (Å²) in [6, 6.07) is 1.95. The Labute approximate surface area is 108 Å². The number of carbonyl (C=O) groups excluding carboxylic acids is 1. The Morgan fingerprint density at radius 1 is 1.37 bits per heavy atom. The normalized spacial score (nSPS) is 10.7. The van der Waals surface area contributed by atoms with Crippen LogP contribution in [0.25, 0.3) is 6.08 Å². The van der Waals surface area contributed by atoms with Gasteiger partial charge in [0.1, 0.15) is 17.2 Å². The van der Waals surface area contributed by atoms with Crippen molar-refractivity contribution in [1.82, 2.24) is 0 Å². The zero-order chi connectivity index (χ0) is 14.4. The number of esters is 1. The fourth-order valence-corrected chi connectivity index (χ4v) is 1.40. The summed E-state index contributed by atoms with van der Waals surface area (Å²) in [4.78, 5) is 21.7. The van der Waals surface area contributed by atoms with E-state index in [1.807, 2.05) is 0 Å². The molecule has 0 saturated heterocycles. The molecule has 0 atom stereocenters. The molecule has 0 radical (unpaired) electrons. The first-order valence-corrected chi connectivity index (χ1v) is 5.50. The molecule has 0 aliphatic carbocycles. The zero-order valence-electron chi connectivity index (χ0n) is 10.2. The second-order valence-electron chi connectivity index (χ2n) is 3.54. The summed E-state index contributed by atoms with van der Waals surface area (Å²) in [6.45, 7) is 1.89. The summed E-state index contributed by atoms with van der Waals surface area (Å²) in [5, 5.41) is 8.68. The van der Waals surface area contributed by atoms with E-state index in [1.165, 1.54) is 12.2 Å². The van der Waals surface area contributed by atoms with E-state index in [2.05, 4.69) is 4.74 Å². The summed E-state index contributed by atoms with van der Waals surface area (Å²) in [5.74, 6) is -4.49. The Hall–Kier alpha value is -2.24. The summed E-state index contributed by atoms with van der Waals surface area (Å²) < 4.78 is 31.4. The molecule has 0 amide bonds. The van der Waals surface area contributed by atoms with Gasteiger partial charge in [-0.1, -0.05) is 12.2 Å². The lowest BCUT2D eigenvalue weighted by atomic mass is 10.1. The largest absolute Gasteiger partial charge is 0.477 e. The van der Waals surface area contributed by atoms with Crippen molar-refractivity contribution in [3.8, 4) is 0 Å². The molecule has 1 rings (SSSR count). The van der Waals surface area contributed by atoms with Gasteiger partial charge in [0.05, 0.1) is 13.0 Å². The van der Waals surface area contributed by atoms with E-state index in [4.69, 9.17) is 5.11 Å². The van der Waals surface area contributed by atoms with Crippen LogP contribution < -0.4 is 0 Å². The van der Waals surface area contributed by atoms with Crippen LogP contribution >= 0.6 is 0 Å². The van der Waals surface area contributed by atoms with Gasteiger partial charge in [0.2, 0.25) is 0 Å². The van der Waals surface area contributed by atoms with Crippen molar-refractivity contribution in [3.63, 3.8) is 0 Å². The first-order valence-electron chi connectivity index (χ1n) is 5.50. The maximum absolute atomic E-state index is 13.7. The molecule has 102 valence electrons. The van der Waals surface area contributed by atoms with Gasteiger partial charge in [0, 0.05) is 5.56 Å². The van der Waals surface area contributed by atoms with Crippen LogP contribution in [0.15, 0.2) is 18.2 Å².